The van der Waals surface area contributed by atoms with E-state index in [0.717, 1.165) is 51.3 Å². The van der Waals surface area contributed by atoms with E-state index >= 15 is 0 Å². The molecule has 146 valence electrons. The Balaban J connectivity index is 1.36. The van der Waals surface area contributed by atoms with Crippen molar-refractivity contribution in [3.8, 4) is 0 Å². The van der Waals surface area contributed by atoms with E-state index in [1.165, 1.54) is 11.4 Å². The molecular weight excluding hydrogens is 344 g/mol. The highest BCUT2D eigenvalue weighted by molar-refractivity contribution is 5.77. The summed E-state index contributed by atoms with van der Waals surface area (Å²) in [5.74, 6) is 0.108. The van der Waals surface area contributed by atoms with Crippen molar-refractivity contribution >= 4 is 5.91 Å². The van der Waals surface area contributed by atoms with E-state index in [9.17, 15) is 4.79 Å². The van der Waals surface area contributed by atoms with Crippen molar-refractivity contribution in [3.05, 3.63) is 35.7 Å². The number of hydrogen-bond acceptors (Lipinski definition) is 5. The van der Waals surface area contributed by atoms with Crippen LogP contribution < -0.4 is 0 Å². The van der Waals surface area contributed by atoms with Crippen molar-refractivity contribution in [1.82, 2.24) is 29.1 Å². The number of ether oxygens (including phenoxy) is 1. The number of aryl methyl sites for hydroxylation is 2. The number of carbonyl (C=O) groups is 1. The Hall–Kier alpha value is -2.19. The number of imidazole rings is 1. The summed E-state index contributed by atoms with van der Waals surface area (Å²) < 4.78 is 9.95. The second-order valence-corrected chi connectivity index (χ2v) is 7.62. The Bertz CT molecular complexity index is 792. The minimum atomic E-state index is 0.108. The van der Waals surface area contributed by atoms with Crippen LogP contribution in [0, 0.1) is 6.92 Å². The van der Waals surface area contributed by atoms with E-state index in [0.29, 0.717) is 6.61 Å². The Morgan fingerprint density at radius 1 is 1.33 bits per heavy atom. The molecule has 0 saturated carbocycles. The van der Waals surface area contributed by atoms with Gasteiger partial charge < -0.3 is 14.2 Å². The highest BCUT2D eigenvalue weighted by Gasteiger charge is 2.26. The van der Waals surface area contributed by atoms with Crippen LogP contribution in [0.25, 0.3) is 0 Å². The number of likely N-dealkylation sites (tertiary alicyclic amines) is 1. The monoisotopic (exact) mass is 372 g/mol. The van der Waals surface area contributed by atoms with Gasteiger partial charge in [-0.15, -0.1) is 0 Å². The van der Waals surface area contributed by atoms with E-state index < -0.39 is 0 Å². The molecule has 4 heterocycles. The van der Waals surface area contributed by atoms with E-state index in [1.807, 2.05) is 36.1 Å². The quantitative estimate of drug-likeness (QED) is 0.760. The lowest BCUT2D eigenvalue weighted by Gasteiger charge is -2.34. The zero-order valence-electron chi connectivity index (χ0n) is 16.2. The molecule has 0 spiro atoms. The molecule has 2 aliphatic heterocycles. The van der Waals surface area contributed by atoms with Gasteiger partial charge in [-0.3, -0.25) is 14.4 Å². The van der Waals surface area contributed by atoms with Gasteiger partial charge in [0.1, 0.15) is 6.61 Å². The SMILES string of the molecule is Cc1cc(CN2Cc3cncn3[C@@H](COCC(=O)N3CCCC3)C2)n(C)n1. The topological polar surface area (TPSA) is 68.4 Å². The fourth-order valence-corrected chi connectivity index (χ4v) is 4.10. The minimum Gasteiger partial charge on any atom is -0.369 e. The largest absolute Gasteiger partial charge is 0.369 e. The van der Waals surface area contributed by atoms with Crippen LogP contribution in [0.1, 0.15) is 36.0 Å². The molecule has 0 aliphatic carbocycles. The van der Waals surface area contributed by atoms with Gasteiger partial charge in [0.05, 0.1) is 36.1 Å². The highest BCUT2D eigenvalue weighted by atomic mass is 16.5. The van der Waals surface area contributed by atoms with Crippen LogP contribution in [-0.4, -0.2) is 67.9 Å². The Labute approximate surface area is 159 Å². The molecule has 2 aromatic rings. The van der Waals surface area contributed by atoms with Crippen LogP contribution >= 0.6 is 0 Å². The van der Waals surface area contributed by atoms with Crippen molar-refractivity contribution in [2.75, 3.05) is 32.8 Å². The number of amides is 1. The summed E-state index contributed by atoms with van der Waals surface area (Å²) in [5, 5.41) is 4.44. The van der Waals surface area contributed by atoms with E-state index in [-0.39, 0.29) is 18.6 Å². The molecule has 2 aromatic heterocycles. The fraction of sp³-hybridized carbons (Fsp3) is 0.632. The lowest BCUT2D eigenvalue weighted by Crippen LogP contribution is -2.39. The second-order valence-electron chi connectivity index (χ2n) is 7.62. The summed E-state index contributed by atoms with van der Waals surface area (Å²) in [5.41, 5.74) is 3.42. The predicted octanol–water partition coefficient (Wildman–Crippen LogP) is 1.12. The summed E-state index contributed by atoms with van der Waals surface area (Å²) in [7, 11) is 1.99. The standard InChI is InChI=1S/C19H28N6O2/c1-15-7-16(22(2)21-15)9-23-10-17-8-20-14-25(17)18(11-23)12-27-13-19(26)24-5-3-4-6-24/h7-8,14,18H,3-6,9-13H2,1-2H3/t18-/m1/s1. The molecule has 1 saturated heterocycles. The lowest BCUT2D eigenvalue weighted by atomic mass is 10.2. The summed E-state index contributed by atoms with van der Waals surface area (Å²) in [4.78, 5) is 20.8. The van der Waals surface area contributed by atoms with Gasteiger partial charge in [0.2, 0.25) is 5.91 Å². The molecule has 2 aliphatic rings. The fourth-order valence-electron chi connectivity index (χ4n) is 4.10. The van der Waals surface area contributed by atoms with E-state index in [1.54, 1.807) is 0 Å². The van der Waals surface area contributed by atoms with Crippen molar-refractivity contribution in [3.63, 3.8) is 0 Å². The second kappa shape index (κ2) is 7.82. The van der Waals surface area contributed by atoms with Crippen LogP contribution in [0.5, 0.6) is 0 Å². The predicted molar refractivity (Wildman–Crippen MR) is 100.0 cm³/mol. The van der Waals surface area contributed by atoms with Gasteiger partial charge in [0.25, 0.3) is 0 Å². The minimum absolute atomic E-state index is 0.108. The van der Waals surface area contributed by atoms with Crippen LogP contribution in [0.15, 0.2) is 18.6 Å². The van der Waals surface area contributed by atoms with Gasteiger partial charge >= 0.3 is 0 Å². The van der Waals surface area contributed by atoms with Gasteiger partial charge in [-0.2, -0.15) is 5.10 Å². The third-order valence-corrected chi connectivity index (χ3v) is 5.47. The smallest absolute Gasteiger partial charge is 0.248 e. The molecule has 1 fully saturated rings. The van der Waals surface area contributed by atoms with E-state index in [2.05, 4.69) is 25.6 Å². The maximum atomic E-state index is 12.2. The average Bonchev–Trinajstić information content (AvgIpc) is 3.37. The van der Waals surface area contributed by atoms with Crippen molar-refractivity contribution in [1.29, 1.82) is 0 Å². The van der Waals surface area contributed by atoms with Crippen molar-refractivity contribution < 1.29 is 9.53 Å². The first-order valence-corrected chi connectivity index (χ1v) is 9.68. The number of carbonyl (C=O) groups excluding carboxylic acids is 1. The normalized spacial score (nSPS) is 20.2. The van der Waals surface area contributed by atoms with Crippen molar-refractivity contribution in [2.45, 2.75) is 38.9 Å². The molecule has 27 heavy (non-hydrogen) atoms. The van der Waals surface area contributed by atoms with Gasteiger partial charge in [0, 0.05) is 46.0 Å². The third-order valence-electron chi connectivity index (χ3n) is 5.47. The molecule has 8 nitrogen and oxygen atoms in total. The number of nitrogens with zero attached hydrogens (tertiary/aromatic N) is 6. The summed E-state index contributed by atoms with van der Waals surface area (Å²) in [6.07, 6.45) is 6.00. The molecular formula is C19H28N6O2. The number of fused-ring (bicyclic) bond motifs is 1. The highest BCUT2D eigenvalue weighted by Crippen LogP contribution is 2.23. The summed E-state index contributed by atoms with van der Waals surface area (Å²) >= 11 is 0. The molecule has 4 rings (SSSR count). The molecule has 0 aromatic carbocycles. The Morgan fingerprint density at radius 2 is 2.15 bits per heavy atom. The number of aromatic nitrogens is 4. The third kappa shape index (κ3) is 4.06. The molecule has 8 heteroatoms. The summed E-state index contributed by atoms with van der Waals surface area (Å²) in [6.45, 7) is 7.00. The van der Waals surface area contributed by atoms with Crippen LogP contribution in [0.3, 0.4) is 0 Å². The average molecular weight is 372 g/mol. The maximum absolute atomic E-state index is 12.2. The first-order valence-electron chi connectivity index (χ1n) is 9.68. The number of rotatable bonds is 6. The first-order chi connectivity index (χ1) is 13.1. The van der Waals surface area contributed by atoms with Crippen molar-refractivity contribution in [2.24, 2.45) is 7.05 Å². The molecule has 0 radical (unpaired) electrons. The van der Waals surface area contributed by atoms with Gasteiger partial charge in [-0.05, 0) is 25.8 Å². The maximum Gasteiger partial charge on any atom is 0.248 e. The van der Waals surface area contributed by atoms with Crippen LogP contribution in [0.4, 0.5) is 0 Å². The lowest BCUT2D eigenvalue weighted by molar-refractivity contribution is -0.135. The Kier molecular flexibility index (Phi) is 5.27. The van der Waals surface area contributed by atoms with Crippen LogP contribution in [-0.2, 0) is 29.7 Å². The molecule has 0 bridgehead atoms. The van der Waals surface area contributed by atoms with Crippen LogP contribution in [0.2, 0.25) is 0 Å². The summed E-state index contributed by atoms with van der Waals surface area (Å²) in [6, 6.07) is 2.29. The molecule has 0 unspecified atom stereocenters. The zero-order valence-corrected chi connectivity index (χ0v) is 16.2. The number of hydrogen-bond donors (Lipinski definition) is 0. The zero-order chi connectivity index (χ0) is 18.8. The van der Waals surface area contributed by atoms with E-state index in [4.69, 9.17) is 4.74 Å². The first kappa shape index (κ1) is 18.2. The Morgan fingerprint density at radius 3 is 2.89 bits per heavy atom. The van der Waals surface area contributed by atoms with Gasteiger partial charge in [0.15, 0.2) is 0 Å². The molecule has 1 amide bonds. The molecule has 0 N–H and O–H groups in total. The molecule has 1 atom stereocenters. The van der Waals surface area contributed by atoms with Gasteiger partial charge in [-0.25, -0.2) is 4.98 Å². The van der Waals surface area contributed by atoms with Gasteiger partial charge in [-0.1, -0.05) is 0 Å².